The Labute approximate surface area is 178 Å². The van der Waals surface area contributed by atoms with E-state index in [0.29, 0.717) is 23.3 Å². The minimum absolute atomic E-state index is 0.207. The predicted molar refractivity (Wildman–Crippen MR) is 111 cm³/mol. The number of ketones is 1. The molecule has 0 unspecified atom stereocenters. The van der Waals surface area contributed by atoms with E-state index in [0.717, 1.165) is 15.7 Å². The summed E-state index contributed by atoms with van der Waals surface area (Å²) in [6.07, 6.45) is 0.513. The number of esters is 2. The van der Waals surface area contributed by atoms with Crippen molar-refractivity contribution in [3.63, 3.8) is 0 Å². The van der Waals surface area contributed by atoms with E-state index in [9.17, 15) is 14.4 Å². The van der Waals surface area contributed by atoms with E-state index < -0.39 is 23.8 Å². The average Bonchev–Trinajstić information content (AvgIpc) is 2.66. The standard InChI is InChI=1S/C22H24BrNO5/c1-5-29-22(27)17-12(3)24-15-9-11(2)16(21(26)28-4)20(25)19(15)18(17)13-7-6-8-14(23)10-13/h6-8,10-11,16,18,24H,5,9H2,1-4H3/t11-,16-,18+/m0/s1. The average molecular weight is 462 g/mol. The summed E-state index contributed by atoms with van der Waals surface area (Å²) in [6, 6.07) is 7.48. The first-order valence-electron chi connectivity index (χ1n) is 9.55. The smallest absolute Gasteiger partial charge is 0.336 e. The van der Waals surface area contributed by atoms with E-state index in [2.05, 4.69) is 21.2 Å². The van der Waals surface area contributed by atoms with E-state index in [1.807, 2.05) is 38.1 Å². The summed E-state index contributed by atoms with van der Waals surface area (Å²) in [5, 5.41) is 3.23. The Balaban J connectivity index is 2.19. The zero-order chi connectivity index (χ0) is 21.3. The Bertz CT molecular complexity index is 933. The van der Waals surface area contributed by atoms with Gasteiger partial charge in [-0.1, -0.05) is 35.0 Å². The summed E-state index contributed by atoms with van der Waals surface area (Å²) < 4.78 is 11.0. The lowest BCUT2D eigenvalue weighted by atomic mass is 9.69. The van der Waals surface area contributed by atoms with Gasteiger partial charge in [-0.3, -0.25) is 9.59 Å². The molecule has 0 fully saturated rings. The lowest BCUT2D eigenvalue weighted by Crippen LogP contribution is -2.43. The lowest BCUT2D eigenvalue weighted by Gasteiger charge is -2.38. The molecule has 1 aliphatic carbocycles. The van der Waals surface area contributed by atoms with Gasteiger partial charge in [0.05, 0.1) is 19.3 Å². The third-order valence-electron chi connectivity index (χ3n) is 5.42. The largest absolute Gasteiger partial charge is 0.468 e. The van der Waals surface area contributed by atoms with Crippen LogP contribution in [0.5, 0.6) is 0 Å². The molecule has 0 spiro atoms. The monoisotopic (exact) mass is 461 g/mol. The minimum Gasteiger partial charge on any atom is -0.468 e. The van der Waals surface area contributed by atoms with Crippen LogP contribution >= 0.6 is 15.9 Å². The third kappa shape index (κ3) is 3.88. The number of carbonyl (C=O) groups excluding carboxylic acids is 3. The van der Waals surface area contributed by atoms with Crippen molar-refractivity contribution in [2.24, 2.45) is 11.8 Å². The first-order valence-corrected chi connectivity index (χ1v) is 10.3. The number of halogens is 1. The van der Waals surface area contributed by atoms with E-state index in [4.69, 9.17) is 9.47 Å². The van der Waals surface area contributed by atoms with Gasteiger partial charge in [0.1, 0.15) is 5.92 Å². The second-order valence-electron chi connectivity index (χ2n) is 7.31. The molecule has 0 saturated carbocycles. The molecular formula is C22H24BrNO5. The quantitative estimate of drug-likeness (QED) is 0.544. The molecule has 2 aliphatic rings. The third-order valence-corrected chi connectivity index (χ3v) is 5.91. The van der Waals surface area contributed by atoms with Gasteiger partial charge in [-0.15, -0.1) is 0 Å². The maximum atomic E-state index is 13.5. The lowest BCUT2D eigenvalue weighted by molar-refractivity contribution is -0.151. The summed E-state index contributed by atoms with van der Waals surface area (Å²) in [5.41, 5.74) is 3.00. The number of hydrogen-bond donors (Lipinski definition) is 1. The number of nitrogens with one attached hydrogen (secondary N) is 1. The van der Waals surface area contributed by atoms with E-state index >= 15 is 0 Å². The molecule has 3 atom stereocenters. The molecule has 7 heteroatoms. The van der Waals surface area contributed by atoms with Gasteiger partial charge in [0.2, 0.25) is 0 Å². The molecule has 0 amide bonds. The van der Waals surface area contributed by atoms with Crippen molar-refractivity contribution in [1.82, 2.24) is 5.32 Å². The summed E-state index contributed by atoms with van der Waals surface area (Å²) in [7, 11) is 1.28. The normalized spacial score (nSPS) is 24.0. The van der Waals surface area contributed by atoms with Crippen molar-refractivity contribution >= 4 is 33.7 Å². The Kier molecular flexibility index (Phi) is 6.27. The molecule has 0 saturated heterocycles. The second-order valence-corrected chi connectivity index (χ2v) is 8.23. The van der Waals surface area contributed by atoms with Crippen molar-refractivity contribution in [3.05, 3.63) is 56.8 Å². The van der Waals surface area contributed by atoms with Crippen molar-refractivity contribution in [2.75, 3.05) is 13.7 Å². The molecule has 1 aromatic carbocycles. The number of hydrogen-bond acceptors (Lipinski definition) is 6. The van der Waals surface area contributed by atoms with Crippen LogP contribution in [-0.4, -0.2) is 31.4 Å². The number of carbonyl (C=O) groups is 3. The number of allylic oxidation sites excluding steroid dienone is 3. The fraction of sp³-hybridized carbons (Fsp3) is 0.409. The van der Waals surface area contributed by atoms with E-state index in [1.54, 1.807) is 6.92 Å². The maximum Gasteiger partial charge on any atom is 0.336 e. The Morgan fingerprint density at radius 3 is 2.66 bits per heavy atom. The number of methoxy groups -OCH3 is 1. The molecule has 1 aromatic rings. The fourth-order valence-electron chi connectivity index (χ4n) is 4.18. The molecule has 1 aliphatic heterocycles. The van der Waals surface area contributed by atoms with Crippen LogP contribution in [0, 0.1) is 11.8 Å². The van der Waals surface area contributed by atoms with Gasteiger partial charge in [0.25, 0.3) is 0 Å². The highest BCUT2D eigenvalue weighted by molar-refractivity contribution is 9.10. The van der Waals surface area contributed by atoms with Crippen LogP contribution < -0.4 is 5.32 Å². The van der Waals surface area contributed by atoms with Crippen LogP contribution in [-0.2, 0) is 23.9 Å². The minimum atomic E-state index is -0.892. The topological polar surface area (TPSA) is 81.7 Å². The molecule has 1 N–H and O–H groups in total. The number of Topliss-reactive ketones (excluding diaryl/α,β-unsaturated/α-hetero) is 1. The SMILES string of the molecule is CCOC(=O)C1=C(C)NC2=C(C(=O)[C@@H](C(=O)OC)[C@@H](C)C2)[C@@H]1c1cccc(Br)c1. The molecule has 0 bridgehead atoms. The molecule has 1 heterocycles. The van der Waals surface area contributed by atoms with Gasteiger partial charge >= 0.3 is 11.9 Å². The molecule has 0 radical (unpaired) electrons. The number of rotatable bonds is 4. The van der Waals surface area contributed by atoms with Crippen molar-refractivity contribution in [2.45, 2.75) is 33.1 Å². The van der Waals surface area contributed by atoms with Crippen molar-refractivity contribution in [3.8, 4) is 0 Å². The zero-order valence-corrected chi connectivity index (χ0v) is 18.5. The molecular weight excluding hydrogens is 438 g/mol. The Hall–Kier alpha value is -2.41. The highest BCUT2D eigenvalue weighted by Crippen LogP contribution is 2.45. The number of ether oxygens (including phenoxy) is 2. The van der Waals surface area contributed by atoms with Gasteiger partial charge in [-0.25, -0.2) is 4.79 Å². The highest BCUT2D eigenvalue weighted by atomic mass is 79.9. The van der Waals surface area contributed by atoms with Crippen LogP contribution in [0.4, 0.5) is 0 Å². The van der Waals surface area contributed by atoms with Gasteiger partial charge in [-0.2, -0.15) is 0 Å². The summed E-state index contributed by atoms with van der Waals surface area (Å²) in [4.78, 5) is 38.7. The van der Waals surface area contributed by atoms with Crippen molar-refractivity contribution < 1.29 is 23.9 Å². The van der Waals surface area contributed by atoms with Crippen LogP contribution in [0.3, 0.4) is 0 Å². The van der Waals surface area contributed by atoms with E-state index in [1.165, 1.54) is 7.11 Å². The van der Waals surface area contributed by atoms with Crippen molar-refractivity contribution in [1.29, 1.82) is 0 Å². The predicted octanol–water partition coefficient (Wildman–Crippen LogP) is 3.63. The summed E-state index contributed by atoms with van der Waals surface area (Å²) in [5.74, 6) is -3.05. The fourth-order valence-corrected chi connectivity index (χ4v) is 4.60. The molecule has 0 aromatic heterocycles. The Morgan fingerprint density at radius 1 is 1.31 bits per heavy atom. The van der Waals surface area contributed by atoms with Crippen LogP contribution in [0.1, 0.15) is 38.7 Å². The zero-order valence-electron chi connectivity index (χ0n) is 16.9. The second kappa shape index (κ2) is 8.53. The van der Waals surface area contributed by atoms with Crippen LogP contribution in [0.15, 0.2) is 51.3 Å². The molecule has 6 nitrogen and oxygen atoms in total. The highest BCUT2D eigenvalue weighted by Gasteiger charge is 2.47. The van der Waals surface area contributed by atoms with Crippen LogP contribution in [0.2, 0.25) is 0 Å². The first kappa shape index (κ1) is 21.3. The molecule has 154 valence electrons. The van der Waals surface area contributed by atoms with Crippen LogP contribution in [0.25, 0.3) is 0 Å². The molecule has 29 heavy (non-hydrogen) atoms. The first-order chi connectivity index (χ1) is 13.8. The number of benzene rings is 1. The van der Waals surface area contributed by atoms with Gasteiger partial charge in [0, 0.05) is 27.4 Å². The Morgan fingerprint density at radius 2 is 2.03 bits per heavy atom. The maximum absolute atomic E-state index is 13.5. The van der Waals surface area contributed by atoms with Gasteiger partial charge < -0.3 is 14.8 Å². The summed E-state index contributed by atoms with van der Waals surface area (Å²) >= 11 is 3.47. The van der Waals surface area contributed by atoms with E-state index in [-0.39, 0.29) is 18.3 Å². The molecule has 3 rings (SSSR count). The summed E-state index contributed by atoms with van der Waals surface area (Å²) in [6.45, 7) is 5.63. The van der Waals surface area contributed by atoms with Gasteiger partial charge in [0.15, 0.2) is 5.78 Å². The number of dihydropyridines is 1. The van der Waals surface area contributed by atoms with Gasteiger partial charge in [-0.05, 0) is 43.9 Å².